The van der Waals surface area contributed by atoms with E-state index in [0.717, 1.165) is 54.5 Å². The molecule has 3 aromatic rings. The normalized spacial score (nSPS) is 19.8. The molecular formula is C22H26N4O. The highest BCUT2D eigenvalue weighted by Gasteiger charge is 2.28. The molecule has 0 atom stereocenters. The second kappa shape index (κ2) is 7.51. The summed E-state index contributed by atoms with van der Waals surface area (Å²) in [6.07, 6.45) is 6.22. The zero-order valence-electron chi connectivity index (χ0n) is 16.2. The van der Waals surface area contributed by atoms with Crippen molar-refractivity contribution in [2.75, 3.05) is 0 Å². The molecule has 1 aliphatic carbocycles. The number of aromatic nitrogens is 4. The summed E-state index contributed by atoms with van der Waals surface area (Å²) in [7, 11) is 0. The van der Waals surface area contributed by atoms with Crippen molar-refractivity contribution >= 4 is 0 Å². The van der Waals surface area contributed by atoms with E-state index in [1.165, 1.54) is 5.56 Å². The molecule has 2 heterocycles. The fraction of sp³-hybridized carbons (Fsp3) is 0.409. The number of pyridine rings is 1. The largest absolute Gasteiger partial charge is 0.474 e. The third-order valence-corrected chi connectivity index (χ3v) is 5.35. The average Bonchev–Trinajstić information content (AvgIpc) is 3.06. The van der Waals surface area contributed by atoms with E-state index in [0.29, 0.717) is 5.92 Å². The number of rotatable bonds is 4. The third-order valence-electron chi connectivity index (χ3n) is 5.35. The van der Waals surface area contributed by atoms with E-state index in [-0.39, 0.29) is 6.10 Å². The van der Waals surface area contributed by atoms with Crippen LogP contribution in [-0.4, -0.2) is 25.9 Å². The zero-order chi connectivity index (χ0) is 18.8. The van der Waals surface area contributed by atoms with E-state index in [1.807, 2.05) is 32.2 Å². The molecule has 0 bridgehead atoms. The van der Waals surface area contributed by atoms with Crippen molar-refractivity contribution in [1.82, 2.24) is 19.7 Å². The van der Waals surface area contributed by atoms with E-state index in [1.54, 1.807) is 0 Å². The van der Waals surface area contributed by atoms with Gasteiger partial charge in [-0.15, -0.1) is 10.2 Å². The predicted octanol–water partition coefficient (Wildman–Crippen LogP) is 4.69. The smallest absolute Gasteiger partial charge is 0.213 e. The maximum absolute atomic E-state index is 6.07. The summed E-state index contributed by atoms with van der Waals surface area (Å²) in [6, 6.07) is 12.6. The lowest BCUT2D eigenvalue weighted by Gasteiger charge is -2.28. The van der Waals surface area contributed by atoms with Gasteiger partial charge in [-0.25, -0.2) is 4.98 Å². The van der Waals surface area contributed by atoms with Gasteiger partial charge >= 0.3 is 0 Å². The monoisotopic (exact) mass is 362 g/mol. The van der Waals surface area contributed by atoms with Crippen molar-refractivity contribution in [2.45, 2.75) is 58.5 Å². The second-order valence-electron chi connectivity index (χ2n) is 7.54. The van der Waals surface area contributed by atoms with Crippen LogP contribution >= 0.6 is 0 Å². The maximum Gasteiger partial charge on any atom is 0.213 e. The first kappa shape index (κ1) is 17.7. The Bertz CT molecular complexity index is 891. The van der Waals surface area contributed by atoms with E-state index >= 15 is 0 Å². The van der Waals surface area contributed by atoms with Gasteiger partial charge in [0, 0.05) is 23.9 Å². The van der Waals surface area contributed by atoms with Gasteiger partial charge in [0.1, 0.15) is 17.8 Å². The lowest BCUT2D eigenvalue weighted by molar-refractivity contribution is 0.139. The van der Waals surface area contributed by atoms with Crippen LogP contribution in [0.25, 0.3) is 5.69 Å². The topological polar surface area (TPSA) is 52.8 Å². The fourth-order valence-electron chi connectivity index (χ4n) is 3.79. The maximum atomic E-state index is 6.07. The summed E-state index contributed by atoms with van der Waals surface area (Å²) in [5.74, 6) is 3.15. The number of ether oxygens (including phenoxy) is 1. The summed E-state index contributed by atoms with van der Waals surface area (Å²) < 4.78 is 8.28. The van der Waals surface area contributed by atoms with Gasteiger partial charge in [-0.05, 0) is 64.2 Å². The Morgan fingerprint density at radius 2 is 1.56 bits per heavy atom. The highest BCUT2D eigenvalue weighted by atomic mass is 16.5. The second-order valence-corrected chi connectivity index (χ2v) is 7.54. The van der Waals surface area contributed by atoms with Crippen molar-refractivity contribution in [3.05, 3.63) is 65.4 Å². The molecule has 5 nitrogen and oxygen atoms in total. The number of nitrogens with zero attached hydrogens (tertiary/aromatic N) is 4. The molecular weight excluding hydrogens is 336 g/mol. The quantitative estimate of drug-likeness (QED) is 0.675. The standard InChI is InChI=1S/C22H26N4O/c1-15-4-9-19(10-5-15)26-17(3)24-25-22(26)18-7-11-20(12-8-18)27-21-13-6-16(2)14-23-21/h4-6,9-10,13-14,18,20H,7-8,11-12H2,1-3H3. The SMILES string of the molecule is Cc1ccc(-n2c(C)nnc2C2CCC(Oc3ccc(C)cn3)CC2)cc1. The summed E-state index contributed by atoms with van der Waals surface area (Å²) in [4.78, 5) is 4.37. The molecule has 1 aromatic carbocycles. The van der Waals surface area contributed by atoms with Gasteiger partial charge in [0.05, 0.1) is 0 Å². The molecule has 0 saturated heterocycles. The van der Waals surface area contributed by atoms with E-state index < -0.39 is 0 Å². The molecule has 0 spiro atoms. The highest BCUT2D eigenvalue weighted by molar-refractivity contribution is 5.37. The van der Waals surface area contributed by atoms with Gasteiger partial charge in [0.2, 0.25) is 5.88 Å². The van der Waals surface area contributed by atoms with Crippen LogP contribution in [-0.2, 0) is 0 Å². The van der Waals surface area contributed by atoms with Crippen LogP contribution in [0, 0.1) is 20.8 Å². The van der Waals surface area contributed by atoms with Crippen LogP contribution in [0.4, 0.5) is 0 Å². The van der Waals surface area contributed by atoms with Crippen LogP contribution < -0.4 is 4.74 Å². The molecule has 1 aliphatic rings. The highest BCUT2D eigenvalue weighted by Crippen LogP contribution is 2.34. The van der Waals surface area contributed by atoms with Gasteiger partial charge in [-0.3, -0.25) is 4.57 Å². The van der Waals surface area contributed by atoms with E-state index in [9.17, 15) is 0 Å². The lowest BCUT2D eigenvalue weighted by Crippen LogP contribution is -2.25. The number of hydrogen-bond acceptors (Lipinski definition) is 4. The first-order chi connectivity index (χ1) is 13.1. The fourth-order valence-corrected chi connectivity index (χ4v) is 3.79. The van der Waals surface area contributed by atoms with Gasteiger partial charge < -0.3 is 4.74 Å². The molecule has 0 aliphatic heterocycles. The predicted molar refractivity (Wildman–Crippen MR) is 105 cm³/mol. The molecule has 0 amide bonds. The Kier molecular flexibility index (Phi) is 4.92. The molecule has 0 N–H and O–H groups in total. The molecule has 2 aromatic heterocycles. The van der Waals surface area contributed by atoms with Crippen LogP contribution in [0.5, 0.6) is 5.88 Å². The molecule has 1 fully saturated rings. The van der Waals surface area contributed by atoms with Gasteiger partial charge in [0.25, 0.3) is 0 Å². The Balaban J connectivity index is 1.45. The minimum absolute atomic E-state index is 0.230. The van der Waals surface area contributed by atoms with Crippen molar-refractivity contribution < 1.29 is 4.74 Å². The van der Waals surface area contributed by atoms with Crippen LogP contribution in [0.15, 0.2) is 42.6 Å². The molecule has 5 heteroatoms. The van der Waals surface area contributed by atoms with Crippen LogP contribution in [0.1, 0.15) is 54.4 Å². The molecule has 1 saturated carbocycles. The summed E-state index contributed by atoms with van der Waals surface area (Å²) >= 11 is 0. The first-order valence-electron chi connectivity index (χ1n) is 9.68. The Morgan fingerprint density at radius 1 is 0.852 bits per heavy atom. The zero-order valence-corrected chi connectivity index (χ0v) is 16.2. The molecule has 140 valence electrons. The van der Waals surface area contributed by atoms with Gasteiger partial charge in [-0.2, -0.15) is 0 Å². The average molecular weight is 362 g/mol. The molecule has 0 unspecified atom stereocenters. The van der Waals surface area contributed by atoms with Crippen molar-refractivity contribution in [1.29, 1.82) is 0 Å². The van der Waals surface area contributed by atoms with Gasteiger partial charge in [-0.1, -0.05) is 23.8 Å². The molecule has 4 rings (SSSR count). The van der Waals surface area contributed by atoms with Crippen LogP contribution in [0.2, 0.25) is 0 Å². The Hall–Kier alpha value is -2.69. The third kappa shape index (κ3) is 3.87. The molecule has 27 heavy (non-hydrogen) atoms. The summed E-state index contributed by atoms with van der Waals surface area (Å²) in [6.45, 7) is 6.16. The Labute approximate surface area is 160 Å². The minimum atomic E-state index is 0.230. The number of hydrogen-bond donors (Lipinski definition) is 0. The number of aryl methyl sites for hydroxylation is 3. The molecule has 0 radical (unpaired) electrons. The van der Waals surface area contributed by atoms with Crippen molar-refractivity contribution in [2.24, 2.45) is 0 Å². The van der Waals surface area contributed by atoms with Crippen LogP contribution in [0.3, 0.4) is 0 Å². The van der Waals surface area contributed by atoms with Crippen molar-refractivity contribution in [3.8, 4) is 11.6 Å². The van der Waals surface area contributed by atoms with Crippen molar-refractivity contribution in [3.63, 3.8) is 0 Å². The van der Waals surface area contributed by atoms with Gasteiger partial charge in [0.15, 0.2) is 0 Å². The number of benzene rings is 1. The summed E-state index contributed by atoms with van der Waals surface area (Å²) in [5.41, 5.74) is 3.55. The minimum Gasteiger partial charge on any atom is -0.474 e. The first-order valence-corrected chi connectivity index (χ1v) is 9.68. The summed E-state index contributed by atoms with van der Waals surface area (Å²) in [5, 5.41) is 8.87. The van der Waals surface area contributed by atoms with E-state index in [2.05, 4.69) is 50.9 Å². The lowest BCUT2D eigenvalue weighted by atomic mass is 9.86. The van der Waals surface area contributed by atoms with E-state index in [4.69, 9.17) is 4.74 Å². The Morgan fingerprint density at radius 3 is 2.22 bits per heavy atom.